The molecule has 0 fully saturated rings. The number of para-hydroxylation sites is 2. The summed E-state index contributed by atoms with van der Waals surface area (Å²) >= 11 is 0. The minimum absolute atomic E-state index is 0.830. The predicted octanol–water partition coefficient (Wildman–Crippen LogP) is 8.76. The van der Waals surface area contributed by atoms with Crippen LogP contribution in [0.1, 0.15) is 0 Å². The molecule has 0 saturated heterocycles. The zero-order chi connectivity index (χ0) is 24.4. The van der Waals surface area contributed by atoms with Gasteiger partial charge in [-0.1, -0.05) is 85.5 Å². The second kappa shape index (κ2) is 7.67. The molecule has 4 aromatic carbocycles. The molecule has 36 heavy (non-hydrogen) atoms. The number of rotatable bonds is 3. The van der Waals surface area contributed by atoms with Gasteiger partial charge in [-0.3, -0.25) is 4.98 Å². The molecule has 0 aliphatic carbocycles. The number of furan rings is 2. The Hall–Kier alpha value is -4.15. The van der Waals surface area contributed by atoms with E-state index in [1.807, 2.05) is 36.5 Å². The van der Waals surface area contributed by atoms with Crippen molar-refractivity contribution < 1.29 is 8.83 Å². The van der Waals surface area contributed by atoms with Crippen molar-refractivity contribution in [3.05, 3.63) is 97.2 Å². The molecule has 3 nitrogen and oxygen atoms in total. The van der Waals surface area contributed by atoms with Crippen molar-refractivity contribution in [1.29, 1.82) is 0 Å². The van der Waals surface area contributed by atoms with E-state index >= 15 is 0 Å². The Morgan fingerprint density at radius 2 is 1.22 bits per heavy atom. The zero-order valence-corrected chi connectivity index (χ0v) is 21.5. The number of benzene rings is 4. The smallest absolute Gasteiger partial charge is 0.139 e. The van der Waals surface area contributed by atoms with E-state index in [1.54, 1.807) is 0 Å². The summed E-state index contributed by atoms with van der Waals surface area (Å²) < 4.78 is 12.6. The van der Waals surface area contributed by atoms with Crippen LogP contribution in [0, 0.1) is 0 Å². The monoisotopic (exact) mass is 483 g/mol. The summed E-state index contributed by atoms with van der Waals surface area (Å²) in [7, 11) is -1.44. The molecule has 0 unspecified atom stereocenters. The number of nitrogens with zero attached hydrogens (tertiary/aromatic N) is 1. The van der Waals surface area contributed by atoms with Crippen molar-refractivity contribution in [2.24, 2.45) is 0 Å². The Bertz CT molecular complexity index is 1850. The van der Waals surface area contributed by atoms with Crippen LogP contribution in [-0.4, -0.2) is 13.1 Å². The molecule has 7 rings (SSSR count). The third-order valence-corrected chi connectivity index (χ3v) is 9.12. The van der Waals surface area contributed by atoms with Crippen LogP contribution in [0.5, 0.6) is 0 Å². The Balaban J connectivity index is 1.57. The first kappa shape index (κ1) is 21.2. The highest BCUT2D eigenvalue weighted by atomic mass is 28.3. The molecule has 0 spiro atoms. The fourth-order valence-electron chi connectivity index (χ4n) is 5.27. The Morgan fingerprint density at radius 3 is 1.86 bits per heavy atom. The molecule has 3 heterocycles. The number of pyridine rings is 1. The number of fused-ring (bicyclic) bond motifs is 6. The van der Waals surface area contributed by atoms with E-state index in [1.165, 1.54) is 5.19 Å². The van der Waals surface area contributed by atoms with E-state index in [4.69, 9.17) is 13.8 Å². The van der Waals surface area contributed by atoms with Gasteiger partial charge in [-0.2, -0.15) is 0 Å². The molecule has 7 aromatic rings. The molecule has 0 radical (unpaired) electrons. The van der Waals surface area contributed by atoms with Gasteiger partial charge < -0.3 is 8.83 Å². The number of aromatic nitrogens is 1. The van der Waals surface area contributed by atoms with Crippen LogP contribution >= 0.6 is 0 Å². The first-order valence-corrected chi connectivity index (χ1v) is 15.8. The van der Waals surface area contributed by atoms with Crippen LogP contribution in [0.2, 0.25) is 19.6 Å². The van der Waals surface area contributed by atoms with Crippen molar-refractivity contribution >= 4 is 57.1 Å². The van der Waals surface area contributed by atoms with Crippen LogP contribution in [-0.2, 0) is 0 Å². The van der Waals surface area contributed by atoms with Gasteiger partial charge in [0, 0.05) is 44.9 Å². The lowest BCUT2D eigenvalue weighted by molar-refractivity contribution is 0.656. The fourth-order valence-corrected chi connectivity index (χ4v) is 6.45. The molecule has 174 valence electrons. The molecule has 0 atom stereocenters. The van der Waals surface area contributed by atoms with Crippen LogP contribution in [0.3, 0.4) is 0 Å². The summed E-state index contributed by atoms with van der Waals surface area (Å²) in [5, 5.41) is 5.86. The third kappa shape index (κ3) is 3.22. The standard InChI is InChI=1S/C32H25NO2Si/c1-36(2,3)22-10-8-9-20(17-22)25-18-21(15-16-33-25)30-31-23-11-4-6-13-26(23)34-28(31)19-29-32(30)24-12-5-7-14-27(24)35-29/h4-19H,1-3H3. The first-order valence-electron chi connectivity index (χ1n) is 12.3. The maximum atomic E-state index is 6.32. The minimum Gasteiger partial charge on any atom is -0.456 e. The summed E-state index contributed by atoms with van der Waals surface area (Å²) in [5.74, 6) is 0. The normalized spacial score (nSPS) is 12.3. The van der Waals surface area contributed by atoms with E-state index in [0.29, 0.717) is 0 Å². The van der Waals surface area contributed by atoms with Gasteiger partial charge in [-0.15, -0.1) is 0 Å². The lowest BCUT2D eigenvalue weighted by Gasteiger charge is -2.17. The molecule has 0 aliphatic heterocycles. The molecule has 0 N–H and O–H groups in total. The highest BCUT2D eigenvalue weighted by Gasteiger charge is 2.22. The van der Waals surface area contributed by atoms with Crippen LogP contribution in [0.25, 0.3) is 66.3 Å². The maximum absolute atomic E-state index is 6.32. The highest BCUT2D eigenvalue weighted by Crippen LogP contribution is 2.45. The fraction of sp³-hybridized carbons (Fsp3) is 0.0938. The molecule has 0 bridgehead atoms. The Labute approximate surface area is 210 Å². The van der Waals surface area contributed by atoms with Gasteiger partial charge in [0.15, 0.2) is 0 Å². The third-order valence-electron chi connectivity index (χ3n) is 7.08. The SMILES string of the molecule is C[Si](C)(C)c1cccc(-c2cc(-c3c4c(cc5oc6ccccc6c35)oc3ccccc34)ccn2)c1. The van der Waals surface area contributed by atoms with E-state index < -0.39 is 8.07 Å². The van der Waals surface area contributed by atoms with Crippen LogP contribution in [0.4, 0.5) is 0 Å². The summed E-state index contributed by atoms with van der Waals surface area (Å²) in [6, 6.07) is 31.7. The largest absolute Gasteiger partial charge is 0.456 e. The highest BCUT2D eigenvalue weighted by molar-refractivity contribution is 6.88. The maximum Gasteiger partial charge on any atom is 0.139 e. The van der Waals surface area contributed by atoms with Gasteiger partial charge in [0.25, 0.3) is 0 Å². The minimum atomic E-state index is -1.44. The zero-order valence-electron chi connectivity index (χ0n) is 20.5. The van der Waals surface area contributed by atoms with Gasteiger partial charge in [0.1, 0.15) is 22.3 Å². The second-order valence-electron chi connectivity index (χ2n) is 10.5. The van der Waals surface area contributed by atoms with Crippen molar-refractivity contribution in [2.45, 2.75) is 19.6 Å². The van der Waals surface area contributed by atoms with Gasteiger partial charge in [0.05, 0.1) is 13.8 Å². The number of hydrogen-bond donors (Lipinski definition) is 0. The average molecular weight is 484 g/mol. The molecular weight excluding hydrogens is 458 g/mol. The van der Waals surface area contributed by atoms with E-state index in [0.717, 1.165) is 66.3 Å². The van der Waals surface area contributed by atoms with Crippen molar-refractivity contribution in [2.75, 3.05) is 0 Å². The molecule has 0 amide bonds. The summed E-state index contributed by atoms with van der Waals surface area (Å²) in [6.45, 7) is 7.13. The number of hydrogen-bond acceptors (Lipinski definition) is 3. The predicted molar refractivity (Wildman–Crippen MR) is 153 cm³/mol. The van der Waals surface area contributed by atoms with Crippen molar-refractivity contribution in [1.82, 2.24) is 4.98 Å². The van der Waals surface area contributed by atoms with Crippen molar-refractivity contribution in [3.63, 3.8) is 0 Å². The molecular formula is C32H25NO2Si. The quantitative estimate of drug-likeness (QED) is 0.236. The van der Waals surface area contributed by atoms with Crippen LogP contribution in [0.15, 0.2) is 106 Å². The summed E-state index contributed by atoms with van der Waals surface area (Å²) in [4.78, 5) is 4.79. The summed E-state index contributed by atoms with van der Waals surface area (Å²) in [5.41, 5.74) is 7.77. The van der Waals surface area contributed by atoms with E-state index in [9.17, 15) is 0 Å². The molecule has 3 aromatic heterocycles. The van der Waals surface area contributed by atoms with Gasteiger partial charge >= 0.3 is 0 Å². The summed E-state index contributed by atoms with van der Waals surface area (Å²) in [6.07, 6.45) is 1.92. The van der Waals surface area contributed by atoms with Gasteiger partial charge in [-0.25, -0.2) is 0 Å². The molecule has 4 heteroatoms. The van der Waals surface area contributed by atoms with E-state index in [-0.39, 0.29) is 0 Å². The first-order chi connectivity index (χ1) is 17.5. The van der Waals surface area contributed by atoms with Gasteiger partial charge in [-0.05, 0) is 29.8 Å². The lowest BCUT2D eigenvalue weighted by Crippen LogP contribution is -2.37. The van der Waals surface area contributed by atoms with E-state index in [2.05, 4.69) is 80.3 Å². The topological polar surface area (TPSA) is 39.2 Å². The Morgan fingerprint density at radius 1 is 0.583 bits per heavy atom. The van der Waals surface area contributed by atoms with Crippen molar-refractivity contribution in [3.8, 4) is 22.4 Å². The second-order valence-corrected chi connectivity index (χ2v) is 15.5. The lowest BCUT2D eigenvalue weighted by atomic mass is 9.94. The molecule has 0 saturated carbocycles. The average Bonchev–Trinajstić information content (AvgIpc) is 3.45. The van der Waals surface area contributed by atoms with Crippen LogP contribution < -0.4 is 5.19 Å². The molecule has 0 aliphatic rings. The van der Waals surface area contributed by atoms with Gasteiger partial charge in [0.2, 0.25) is 0 Å². The Kier molecular flexibility index (Phi) is 4.51.